The van der Waals surface area contributed by atoms with E-state index in [4.69, 9.17) is 14.2 Å². The van der Waals surface area contributed by atoms with Crippen LogP contribution in [0.25, 0.3) is 0 Å². The van der Waals surface area contributed by atoms with E-state index in [0.29, 0.717) is 24.7 Å². The van der Waals surface area contributed by atoms with E-state index >= 15 is 0 Å². The summed E-state index contributed by atoms with van der Waals surface area (Å²) in [4.78, 5) is 26.4. The zero-order chi connectivity index (χ0) is 18.5. The number of carbonyl (C=O) groups excluding carboxylic acids is 2. The van der Waals surface area contributed by atoms with Crippen LogP contribution in [0.3, 0.4) is 0 Å². The number of para-hydroxylation sites is 2. The Labute approximate surface area is 152 Å². The third kappa shape index (κ3) is 3.79. The van der Waals surface area contributed by atoms with E-state index in [1.807, 2.05) is 31.2 Å². The minimum Gasteiger partial charge on any atom is -0.494 e. The Bertz CT molecular complexity index is 787. The molecule has 0 saturated carbocycles. The van der Waals surface area contributed by atoms with Crippen LogP contribution in [-0.4, -0.2) is 32.1 Å². The van der Waals surface area contributed by atoms with Crippen molar-refractivity contribution in [2.75, 3.05) is 25.2 Å². The molecule has 0 aromatic heterocycles. The molecule has 1 aliphatic heterocycles. The number of esters is 1. The molecule has 3 rings (SSSR count). The number of nitrogens with zero attached hydrogens (tertiary/aromatic N) is 1. The maximum Gasteiger partial charge on any atom is 0.316 e. The van der Waals surface area contributed by atoms with Crippen LogP contribution in [0, 0.1) is 5.92 Å². The molecule has 0 bridgehead atoms. The van der Waals surface area contributed by atoms with Gasteiger partial charge in [-0.05, 0) is 43.3 Å². The van der Waals surface area contributed by atoms with Crippen LogP contribution in [0.5, 0.6) is 17.2 Å². The first-order chi connectivity index (χ1) is 12.6. The van der Waals surface area contributed by atoms with Crippen molar-refractivity contribution in [2.24, 2.45) is 5.92 Å². The van der Waals surface area contributed by atoms with Crippen LogP contribution in [0.1, 0.15) is 13.3 Å². The van der Waals surface area contributed by atoms with Crippen molar-refractivity contribution in [3.05, 3.63) is 48.5 Å². The lowest BCUT2D eigenvalue weighted by Crippen LogP contribution is -2.27. The number of amides is 1. The summed E-state index contributed by atoms with van der Waals surface area (Å²) in [5.74, 6) is 0.530. The molecule has 2 aromatic rings. The number of hydrogen-bond donors (Lipinski definition) is 0. The van der Waals surface area contributed by atoms with E-state index in [9.17, 15) is 9.59 Å². The molecule has 136 valence electrons. The van der Waals surface area contributed by atoms with Crippen molar-refractivity contribution in [3.63, 3.8) is 0 Å². The summed E-state index contributed by atoms with van der Waals surface area (Å²) < 4.78 is 16.0. The van der Waals surface area contributed by atoms with Gasteiger partial charge in [0.05, 0.1) is 19.6 Å². The van der Waals surface area contributed by atoms with E-state index in [0.717, 1.165) is 11.4 Å². The molecule has 0 spiro atoms. The molecule has 6 nitrogen and oxygen atoms in total. The normalized spacial score (nSPS) is 16.5. The number of methoxy groups -OCH3 is 1. The minimum absolute atomic E-state index is 0.101. The second-order valence-electron chi connectivity index (χ2n) is 5.90. The fraction of sp³-hybridized carbons (Fsp3) is 0.300. The van der Waals surface area contributed by atoms with Crippen LogP contribution in [0.2, 0.25) is 0 Å². The molecule has 2 aromatic carbocycles. The number of hydrogen-bond acceptors (Lipinski definition) is 5. The second-order valence-corrected chi connectivity index (χ2v) is 5.90. The lowest BCUT2D eigenvalue weighted by molar-refractivity contribution is -0.139. The summed E-state index contributed by atoms with van der Waals surface area (Å²) in [5, 5.41) is 0. The smallest absolute Gasteiger partial charge is 0.316 e. The molecule has 1 fully saturated rings. The number of carbonyl (C=O) groups is 2. The Hall–Kier alpha value is -3.02. The summed E-state index contributed by atoms with van der Waals surface area (Å²) in [7, 11) is 1.51. The summed E-state index contributed by atoms with van der Waals surface area (Å²) >= 11 is 0. The van der Waals surface area contributed by atoms with E-state index < -0.39 is 11.9 Å². The molecule has 0 radical (unpaired) electrons. The average Bonchev–Trinajstić information content (AvgIpc) is 3.05. The van der Waals surface area contributed by atoms with Gasteiger partial charge in [-0.2, -0.15) is 0 Å². The van der Waals surface area contributed by atoms with Crippen LogP contribution in [-0.2, 0) is 9.59 Å². The highest BCUT2D eigenvalue weighted by molar-refractivity contribution is 5.99. The van der Waals surface area contributed by atoms with Gasteiger partial charge in [0, 0.05) is 18.7 Å². The third-order valence-corrected chi connectivity index (χ3v) is 4.20. The van der Waals surface area contributed by atoms with Crippen molar-refractivity contribution in [3.8, 4) is 17.2 Å². The molecular formula is C20H21NO5. The van der Waals surface area contributed by atoms with Crippen LogP contribution in [0.15, 0.2) is 48.5 Å². The zero-order valence-corrected chi connectivity index (χ0v) is 14.8. The van der Waals surface area contributed by atoms with Gasteiger partial charge in [-0.3, -0.25) is 9.59 Å². The number of anilines is 1. The zero-order valence-electron chi connectivity index (χ0n) is 14.8. The lowest BCUT2D eigenvalue weighted by atomic mass is 10.1. The first-order valence-electron chi connectivity index (χ1n) is 8.50. The van der Waals surface area contributed by atoms with Gasteiger partial charge in [-0.15, -0.1) is 0 Å². The first-order valence-corrected chi connectivity index (χ1v) is 8.50. The Kier molecular flexibility index (Phi) is 5.41. The average molecular weight is 355 g/mol. The molecule has 0 unspecified atom stereocenters. The fourth-order valence-electron chi connectivity index (χ4n) is 2.90. The van der Waals surface area contributed by atoms with Crippen molar-refractivity contribution < 1.29 is 23.8 Å². The minimum atomic E-state index is -0.515. The van der Waals surface area contributed by atoms with Gasteiger partial charge in [-0.25, -0.2) is 0 Å². The van der Waals surface area contributed by atoms with E-state index in [2.05, 4.69) is 0 Å². The molecule has 1 aliphatic rings. The Balaban J connectivity index is 1.68. The quantitative estimate of drug-likeness (QED) is 0.589. The maximum atomic E-state index is 12.5. The first kappa shape index (κ1) is 17.8. The highest BCUT2D eigenvalue weighted by atomic mass is 16.6. The predicted octanol–water partition coefficient (Wildman–Crippen LogP) is 3.05. The van der Waals surface area contributed by atoms with Crippen LogP contribution in [0.4, 0.5) is 5.69 Å². The Morgan fingerprint density at radius 3 is 2.46 bits per heavy atom. The predicted molar refractivity (Wildman–Crippen MR) is 96.7 cm³/mol. The van der Waals surface area contributed by atoms with Gasteiger partial charge >= 0.3 is 5.97 Å². The molecule has 1 heterocycles. The number of rotatable bonds is 6. The van der Waals surface area contributed by atoms with Crippen LogP contribution < -0.4 is 19.1 Å². The summed E-state index contributed by atoms with van der Waals surface area (Å²) in [6.07, 6.45) is 0.126. The third-order valence-electron chi connectivity index (χ3n) is 4.20. The van der Waals surface area contributed by atoms with Gasteiger partial charge in [0.15, 0.2) is 11.5 Å². The number of ether oxygens (including phenoxy) is 3. The standard InChI is InChI=1S/C20H21NO5/c1-3-25-16-10-8-15(9-11-16)21-13-14(12-19(21)22)20(23)26-18-7-5-4-6-17(18)24-2/h4-11,14H,3,12-13H2,1-2H3/t14-/m0/s1. The van der Waals surface area contributed by atoms with E-state index in [-0.39, 0.29) is 12.3 Å². The van der Waals surface area contributed by atoms with Gasteiger partial charge < -0.3 is 19.1 Å². The highest BCUT2D eigenvalue weighted by Gasteiger charge is 2.36. The van der Waals surface area contributed by atoms with Crippen molar-refractivity contribution in [1.29, 1.82) is 0 Å². The molecule has 1 saturated heterocycles. The Morgan fingerprint density at radius 2 is 1.81 bits per heavy atom. The largest absolute Gasteiger partial charge is 0.494 e. The lowest BCUT2D eigenvalue weighted by Gasteiger charge is -2.17. The Morgan fingerprint density at radius 1 is 1.12 bits per heavy atom. The van der Waals surface area contributed by atoms with Crippen molar-refractivity contribution in [1.82, 2.24) is 0 Å². The summed E-state index contributed by atoms with van der Waals surface area (Å²) in [6.45, 7) is 2.79. The van der Waals surface area contributed by atoms with E-state index in [1.54, 1.807) is 29.2 Å². The van der Waals surface area contributed by atoms with Crippen molar-refractivity contribution >= 4 is 17.6 Å². The van der Waals surface area contributed by atoms with Crippen molar-refractivity contribution in [2.45, 2.75) is 13.3 Å². The summed E-state index contributed by atoms with van der Waals surface area (Å²) in [6, 6.07) is 14.2. The SMILES string of the molecule is CCOc1ccc(N2C[C@@H](C(=O)Oc3ccccc3OC)CC2=O)cc1. The van der Waals surface area contributed by atoms with Gasteiger partial charge in [0.1, 0.15) is 5.75 Å². The molecule has 1 amide bonds. The molecule has 0 aliphatic carbocycles. The maximum absolute atomic E-state index is 12.5. The molecule has 6 heteroatoms. The fourth-order valence-corrected chi connectivity index (χ4v) is 2.90. The summed E-state index contributed by atoms with van der Waals surface area (Å²) in [5.41, 5.74) is 0.742. The second kappa shape index (κ2) is 7.91. The highest BCUT2D eigenvalue weighted by Crippen LogP contribution is 2.30. The van der Waals surface area contributed by atoms with Crippen LogP contribution >= 0.6 is 0 Å². The monoisotopic (exact) mass is 355 g/mol. The van der Waals surface area contributed by atoms with Gasteiger partial charge in [0.25, 0.3) is 0 Å². The molecular weight excluding hydrogens is 334 g/mol. The number of benzene rings is 2. The topological polar surface area (TPSA) is 65.1 Å². The van der Waals surface area contributed by atoms with Gasteiger partial charge in [-0.1, -0.05) is 12.1 Å². The van der Waals surface area contributed by atoms with Gasteiger partial charge in [0.2, 0.25) is 5.91 Å². The molecule has 0 N–H and O–H groups in total. The van der Waals surface area contributed by atoms with E-state index in [1.165, 1.54) is 7.11 Å². The molecule has 26 heavy (non-hydrogen) atoms. The molecule has 1 atom stereocenters.